The van der Waals surface area contributed by atoms with Crippen molar-refractivity contribution in [3.05, 3.63) is 54.1 Å². The van der Waals surface area contributed by atoms with Crippen molar-refractivity contribution in [2.45, 2.75) is 4.90 Å². The summed E-state index contributed by atoms with van der Waals surface area (Å²) in [4.78, 5) is 19.7. The van der Waals surface area contributed by atoms with E-state index in [1.165, 1.54) is 10.4 Å². The zero-order chi connectivity index (χ0) is 22.7. The number of nitrogens with zero attached hydrogens (tertiary/aromatic N) is 4. The number of anilines is 2. The fourth-order valence-electron chi connectivity index (χ4n) is 4.00. The first-order chi connectivity index (χ1) is 15.3. The van der Waals surface area contributed by atoms with Gasteiger partial charge in [0.1, 0.15) is 0 Å². The molecule has 2 aromatic carbocycles. The second-order valence-electron chi connectivity index (χ2n) is 8.53. The number of piperazine rings is 2. The largest absolute Gasteiger partial charge is 0.369 e. The molecule has 2 heterocycles. The standard InChI is InChI=1S/C23H31N5O3S/c1-25-10-14-27(15-11-25)21-8-6-20(7-9-21)24-23(29)19-4-3-5-22(18-19)32(30,31)28-16-12-26(2)13-17-28/h3-9,18H,10-17H2,1-2H3,(H,24,29). The van der Waals surface area contributed by atoms with Crippen molar-refractivity contribution in [3.63, 3.8) is 0 Å². The number of likely N-dealkylation sites (N-methyl/N-ethyl adjacent to an activating group) is 2. The van der Waals surface area contributed by atoms with Gasteiger partial charge in [0.25, 0.3) is 5.91 Å². The van der Waals surface area contributed by atoms with Gasteiger partial charge in [0.2, 0.25) is 10.0 Å². The summed E-state index contributed by atoms with van der Waals surface area (Å²) in [5.74, 6) is -0.326. The molecule has 2 fully saturated rings. The SMILES string of the molecule is CN1CCN(c2ccc(NC(=O)c3cccc(S(=O)(=O)N4CCN(C)CC4)c3)cc2)CC1. The molecule has 0 unspecified atom stereocenters. The summed E-state index contributed by atoms with van der Waals surface area (Å²) in [6, 6.07) is 14.1. The highest BCUT2D eigenvalue weighted by Gasteiger charge is 2.28. The molecular weight excluding hydrogens is 426 g/mol. The minimum absolute atomic E-state index is 0.153. The molecule has 0 saturated carbocycles. The first-order valence-electron chi connectivity index (χ1n) is 11.0. The Morgan fingerprint density at radius 3 is 2.03 bits per heavy atom. The summed E-state index contributed by atoms with van der Waals surface area (Å²) in [7, 11) is 0.486. The Labute approximate surface area is 190 Å². The monoisotopic (exact) mass is 457 g/mol. The van der Waals surface area contributed by atoms with E-state index >= 15 is 0 Å². The molecule has 8 nitrogen and oxygen atoms in total. The van der Waals surface area contributed by atoms with E-state index < -0.39 is 10.0 Å². The number of rotatable bonds is 5. The van der Waals surface area contributed by atoms with Crippen molar-refractivity contribution < 1.29 is 13.2 Å². The number of nitrogens with one attached hydrogen (secondary N) is 1. The normalized spacial score (nSPS) is 19.1. The van der Waals surface area contributed by atoms with Gasteiger partial charge in [-0.05, 0) is 56.6 Å². The zero-order valence-corrected chi connectivity index (χ0v) is 19.5. The van der Waals surface area contributed by atoms with Crippen LogP contribution in [0.3, 0.4) is 0 Å². The number of carbonyl (C=O) groups excluding carboxylic acids is 1. The fraction of sp³-hybridized carbons (Fsp3) is 0.435. The second-order valence-corrected chi connectivity index (χ2v) is 10.5. The molecule has 1 amide bonds. The molecule has 0 spiro atoms. The van der Waals surface area contributed by atoms with Crippen LogP contribution in [0.5, 0.6) is 0 Å². The number of hydrogen-bond donors (Lipinski definition) is 1. The molecule has 32 heavy (non-hydrogen) atoms. The number of hydrogen-bond acceptors (Lipinski definition) is 6. The van der Waals surface area contributed by atoms with E-state index in [0.717, 1.165) is 31.9 Å². The molecule has 2 aliphatic rings. The van der Waals surface area contributed by atoms with Crippen LogP contribution < -0.4 is 10.2 Å². The first kappa shape index (κ1) is 22.7. The van der Waals surface area contributed by atoms with Crippen LogP contribution in [0.4, 0.5) is 11.4 Å². The molecule has 0 atom stereocenters. The molecule has 0 aliphatic carbocycles. The van der Waals surface area contributed by atoms with Crippen LogP contribution in [0.2, 0.25) is 0 Å². The summed E-state index contributed by atoms with van der Waals surface area (Å²) in [5.41, 5.74) is 2.14. The second kappa shape index (κ2) is 9.58. The van der Waals surface area contributed by atoms with E-state index in [1.54, 1.807) is 18.2 Å². The highest BCUT2D eigenvalue weighted by molar-refractivity contribution is 7.89. The van der Waals surface area contributed by atoms with E-state index in [4.69, 9.17) is 0 Å². The molecule has 0 radical (unpaired) electrons. The third-order valence-corrected chi connectivity index (χ3v) is 8.08. The Hall–Kier alpha value is -2.46. The smallest absolute Gasteiger partial charge is 0.255 e. The third kappa shape index (κ3) is 5.12. The van der Waals surface area contributed by atoms with Crippen LogP contribution >= 0.6 is 0 Å². The molecule has 0 bridgehead atoms. The van der Waals surface area contributed by atoms with Crippen LogP contribution in [0.1, 0.15) is 10.4 Å². The van der Waals surface area contributed by atoms with E-state index in [1.807, 2.05) is 31.3 Å². The van der Waals surface area contributed by atoms with Gasteiger partial charge in [-0.1, -0.05) is 6.07 Å². The quantitative estimate of drug-likeness (QED) is 0.736. The lowest BCUT2D eigenvalue weighted by Gasteiger charge is -2.34. The van der Waals surface area contributed by atoms with Crippen LogP contribution in [-0.2, 0) is 10.0 Å². The van der Waals surface area contributed by atoms with E-state index in [2.05, 4.69) is 27.1 Å². The molecular formula is C23H31N5O3S. The Kier molecular flexibility index (Phi) is 6.80. The summed E-state index contributed by atoms with van der Waals surface area (Å²) < 4.78 is 27.5. The Morgan fingerprint density at radius 1 is 0.812 bits per heavy atom. The average molecular weight is 458 g/mol. The summed E-state index contributed by atoms with van der Waals surface area (Å²) in [6.45, 7) is 6.34. The van der Waals surface area contributed by atoms with Gasteiger partial charge in [-0.2, -0.15) is 4.31 Å². The maximum atomic E-state index is 13.0. The first-order valence-corrected chi connectivity index (χ1v) is 12.4. The van der Waals surface area contributed by atoms with E-state index in [-0.39, 0.29) is 10.8 Å². The fourth-order valence-corrected chi connectivity index (χ4v) is 5.47. The lowest BCUT2D eigenvalue weighted by molar-refractivity contribution is 0.102. The van der Waals surface area contributed by atoms with Gasteiger partial charge in [-0.3, -0.25) is 4.79 Å². The predicted octanol–water partition coefficient (Wildman–Crippen LogP) is 1.63. The van der Waals surface area contributed by atoms with Gasteiger partial charge in [-0.15, -0.1) is 0 Å². The van der Waals surface area contributed by atoms with Crippen LogP contribution in [-0.4, -0.2) is 94.9 Å². The molecule has 2 aromatic rings. The molecule has 2 saturated heterocycles. The van der Waals surface area contributed by atoms with E-state index in [0.29, 0.717) is 37.4 Å². The number of carbonyl (C=O) groups is 1. The topological polar surface area (TPSA) is 76.2 Å². The predicted molar refractivity (Wildman–Crippen MR) is 127 cm³/mol. The van der Waals surface area contributed by atoms with Gasteiger partial charge >= 0.3 is 0 Å². The van der Waals surface area contributed by atoms with Crippen molar-refractivity contribution in [1.29, 1.82) is 0 Å². The van der Waals surface area contributed by atoms with Crippen LogP contribution in [0.25, 0.3) is 0 Å². The van der Waals surface area contributed by atoms with Gasteiger partial charge in [-0.25, -0.2) is 8.42 Å². The van der Waals surface area contributed by atoms with Gasteiger partial charge in [0.05, 0.1) is 4.90 Å². The van der Waals surface area contributed by atoms with Crippen molar-refractivity contribution in [1.82, 2.24) is 14.1 Å². The zero-order valence-electron chi connectivity index (χ0n) is 18.7. The van der Waals surface area contributed by atoms with Crippen molar-refractivity contribution in [2.75, 3.05) is 76.7 Å². The van der Waals surface area contributed by atoms with Crippen LogP contribution in [0, 0.1) is 0 Å². The summed E-state index contributed by atoms with van der Waals surface area (Å²) in [5, 5.41) is 2.88. The highest BCUT2D eigenvalue weighted by Crippen LogP contribution is 2.22. The van der Waals surface area contributed by atoms with Gasteiger partial charge in [0, 0.05) is 69.3 Å². The molecule has 1 N–H and O–H groups in total. The van der Waals surface area contributed by atoms with Crippen molar-refractivity contribution in [3.8, 4) is 0 Å². The molecule has 4 rings (SSSR count). The number of benzene rings is 2. The molecule has 172 valence electrons. The minimum atomic E-state index is -3.62. The van der Waals surface area contributed by atoms with E-state index in [9.17, 15) is 13.2 Å². The average Bonchev–Trinajstić information content (AvgIpc) is 2.80. The van der Waals surface area contributed by atoms with Gasteiger partial charge in [0.15, 0.2) is 0 Å². The molecule has 2 aliphatic heterocycles. The Morgan fingerprint density at radius 2 is 1.41 bits per heavy atom. The van der Waals surface area contributed by atoms with Crippen LogP contribution in [0.15, 0.2) is 53.4 Å². The molecule has 0 aromatic heterocycles. The lowest BCUT2D eigenvalue weighted by Crippen LogP contribution is -2.47. The number of sulfonamides is 1. The minimum Gasteiger partial charge on any atom is -0.369 e. The Balaban J connectivity index is 1.43. The lowest BCUT2D eigenvalue weighted by atomic mass is 10.2. The van der Waals surface area contributed by atoms with Crippen molar-refractivity contribution >= 4 is 27.3 Å². The third-order valence-electron chi connectivity index (χ3n) is 6.19. The summed E-state index contributed by atoms with van der Waals surface area (Å²) in [6.07, 6.45) is 0. The van der Waals surface area contributed by atoms with Gasteiger partial charge < -0.3 is 20.0 Å². The maximum Gasteiger partial charge on any atom is 0.255 e. The Bertz CT molecular complexity index is 1040. The molecule has 9 heteroatoms. The number of amides is 1. The highest BCUT2D eigenvalue weighted by atomic mass is 32.2. The van der Waals surface area contributed by atoms with Crippen molar-refractivity contribution in [2.24, 2.45) is 0 Å². The maximum absolute atomic E-state index is 13.0. The summed E-state index contributed by atoms with van der Waals surface area (Å²) >= 11 is 0.